The van der Waals surface area contributed by atoms with Crippen molar-refractivity contribution in [3.05, 3.63) is 99.0 Å². The van der Waals surface area contributed by atoms with E-state index in [1.807, 2.05) is 36.4 Å². The third-order valence-electron chi connectivity index (χ3n) is 6.72. The van der Waals surface area contributed by atoms with E-state index < -0.39 is 6.04 Å². The van der Waals surface area contributed by atoms with Crippen LogP contribution in [0.15, 0.2) is 72.8 Å². The molecule has 3 aromatic carbocycles. The molecule has 0 saturated heterocycles. The third-order valence-corrected chi connectivity index (χ3v) is 7.69. The van der Waals surface area contributed by atoms with Gasteiger partial charge in [0.2, 0.25) is 5.91 Å². The number of amides is 2. The number of ether oxygens (including phenoxy) is 1. The standard InChI is InChI=1S/C30H31Cl3N2O3/c31-23-10-7-13-25(18-23)38-20-29(36)35(19-22-14-15-26(32)27(33)16-22)28(17-21-8-3-1-4-9-21)30(37)34-24-11-5-2-6-12-24/h1,3-4,7-10,13-16,18,24,28H,2,5-6,11-12,17,19-20H2,(H,34,37)/t28-/m1/s1. The van der Waals surface area contributed by atoms with Crippen molar-refractivity contribution >= 4 is 46.6 Å². The van der Waals surface area contributed by atoms with Gasteiger partial charge in [-0.05, 0) is 54.3 Å². The number of carbonyl (C=O) groups excluding carboxylic acids is 2. The molecule has 1 N–H and O–H groups in total. The van der Waals surface area contributed by atoms with Crippen LogP contribution in [0, 0.1) is 0 Å². The summed E-state index contributed by atoms with van der Waals surface area (Å²) in [5.74, 6) is -0.0145. The lowest BCUT2D eigenvalue weighted by molar-refractivity contribution is -0.143. The number of hydrogen-bond donors (Lipinski definition) is 1. The topological polar surface area (TPSA) is 58.6 Å². The second kappa shape index (κ2) is 13.9. The Kier molecular flexibility index (Phi) is 10.3. The molecule has 2 amide bonds. The van der Waals surface area contributed by atoms with Gasteiger partial charge in [0.15, 0.2) is 6.61 Å². The Balaban J connectivity index is 1.62. The maximum Gasteiger partial charge on any atom is 0.261 e. The Morgan fingerprint density at radius 1 is 0.868 bits per heavy atom. The molecular weight excluding hydrogens is 543 g/mol. The zero-order valence-corrected chi connectivity index (χ0v) is 23.3. The highest BCUT2D eigenvalue weighted by Crippen LogP contribution is 2.25. The SMILES string of the molecule is O=C(NC1CCCCC1)[C@@H](Cc1ccccc1)N(Cc1ccc(Cl)c(Cl)c1)C(=O)COc1cccc(Cl)c1. The number of benzene rings is 3. The van der Waals surface area contributed by atoms with Crippen LogP contribution in [0.3, 0.4) is 0 Å². The van der Waals surface area contributed by atoms with Crippen molar-refractivity contribution in [2.45, 2.75) is 57.2 Å². The van der Waals surface area contributed by atoms with Crippen molar-refractivity contribution in [2.75, 3.05) is 6.61 Å². The van der Waals surface area contributed by atoms with Gasteiger partial charge in [0.25, 0.3) is 5.91 Å². The monoisotopic (exact) mass is 572 g/mol. The van der Waals surface area contributed by atoms with Crippen molar-refractivity contribution in [1.82, 2.24) is 10.2 Å². The lowest BCUT2D eigenvalue weighted by Crippen LogP contribution is -2.53. The fourth-order valence-corrected chi connectivity index (χ4v) is 5.22. The van der Waals surface area contributed by atoms with Gasteiger partial charge in [-0.2, -0.15) is 0 Å². The number of rotatable bonds is 10. The van der Waals surface area contributed by atoms with Gasteiger partial charge in [-0.3, -0.25) is 9.59 Å². The first-order valence-corrected chi connectivity index (χ1v) is 14.0. The Morgan fingerprint density at radius 3 is 2.34 bits per heavy atom. The normalized spacial score (nSPS) is 14.5. The number of halogens is 3. The van der Waals surface area contributed by atoms with Crippen LogP contribution in [0.5, 0.6) is 5.75 Å². The van der Waals surface area contributed by atoms with Gasteiger partial charge in [-0.25, -0.2) is 0 Å². The highest BCUT2D eigenvalue weighted by atomic mass is 35.5. The van der Waals surface area contributed by atoms with Crippen molar-refractivity contribution < 1.29 is 14.3 Å². The van der Waals surface area contributed by atoms with Crippen LogP contribution < -0.4 is 10.1 Å². The summed E-state index contributed by atoms with van der Waals surface area (Å²) in [5.41, 5.74) is 1.72. The molecule has 0 bridgehead atoms. The molecule has 8 heteroatoms. The van der Waals surface area contributed by atoms with E-state index in [0.29, 0.717) is 27.2 Å². The summed E-state index contributed by atoms with van der Waals surface area (Å²) in [6.07, 6.45) is 5.62. The molecule has 1 fully saturated rings. The molecule has 200 valence electrons. The van der Waals surface area contributed by atoms with Gasteiger partial charge in [0.05, 0.1) is 10.0 Å². The lowest BCUT2D eigenvalue weighted by atomic mass is 9.94. The van der Waals surface area contributed by atoms with E-state index in [0.717, 1.165) is 36.8 Å². The zero-order valence-electron chi connectivity index (χ0n) is 21.0. The molecule has 3 aromatic rings. The molecule has 0 aromatic heterocycles. The smallest absolute Gasteiger partial charge is 0.261 e. The molecule has 1 aliphatic carbocycles. The molecule has 1 aliphatic rings. The van der Waals surface area contributed by atoms with Crippen LogP contribution in [0.25, 0.3) is 0 Å². The predicted molar refractivity (Wildman–Crippen MR) is 153 cm³/mol. The van der Waals surface area contributed by atoms with Crippen molar-refractivity contribution in [3.8, 4) is 5.75 Å². The van der Waals surface area contributed by atoms with E-state index >= 15 is 0 Å². The average molecular weight is 574 g/mol. The summed E-state index contributed by atoms with van der Waals surface area (Å²) in [4.78, 5) is 29.1. The number of nitrogens with one attached hydrogen (secondary N) is 1. The minimum atomic E-state index is -0.746. The summed E-state index contributed by atoms with van der Waals surface area (Å²) in [5, 5.41) is 4.55. The molecule has 0 unspecified atom stereocenters. The third kappa shape index (κ3) is 8.13. The molecule has 0 aliphatic heterocycles. The fourth-order valence-electron chi connectivity index (χ4n) is 4.72. The summed E-state index contributed by atoms with van der Waals surface area (Å²) in [6.45, 7) is -0.0755. The van der Waals surface area contributed by atoms with E-state index in [4.69, 9.17) is 39.5 Å². The lowest BCUT2D eigenvalue weighted by Gasteiger charge is -2.33. The number of nitrogens with zero attached hydrogens (tertiary/aromatic N) is 1. The molecular formula is C30H31Cl3N2O3. The van der Waals surface area contributed by atoms with Gasteiger partial charge >= 0.3 is 0 Å². The first-order chi connectivity index (χ1) is 18.4. The van der Waals surface area contributed by atoms with Gasteiger partial charge in [-0.15, -0.1) is 0 Å². The second-order valence-electron chi connectivity index (χ2n) is 9.57. The van der Waals surface area contributed by atoms with Gasteiger partial charge in [0.1, 0.15) is 11.8 Å². The van der Waals surface area contributed by atoms with Crippen LogP contribution in [0.2, 0.25) is 15.1 Å². The quantitative estimate of drug-likeness (QED) is 0.281. The fraction of sp³-hybridized carbons (Fsp3) is 0.333. The Labute approximate surface area is 239 Å². The molecule has 1 atom stereocenters. The van der Waals surface area contributed by atoms with E-state index in [1.54, 1.807) is 41.3 Å². The highest BCUT2D eigenvalue weighted by Gasteiger charge is 2.32. The summed E-state index contributed by atoms with van der Waals surface area (Å²) >= 11 is 18.5. The Hall–Kier alpha value is -2.73. The second-order valence-corrected chi connectivity index (χ2v) is 10.8. The van der Waals surface area contributed by atoms with E-state index in [9.17, 15) is 9.59 Å². The van der Waals surface area contributed by atoms with Gasteiger partial charge < -0.3 is 15.0 Å². The molecule has 5 nitrogen and oxygen atoms in total. The largest absolute Gasteiger partial charge is 0.484 e. The summed E-state index contributed by atoms with van der Waals surface area (Å²) in [7, 11) is 0. The number of hydrogen-bond acceptors (Lipinski definition) is 3. The van der Waals surface area contributed by atoms with Gasteiger partial charge in [0, 0.05) is 24.0 Å². The van der Waals surface area contributed by atoms with E-state index in [2.05, 4.69) is 5.32 Å². The molecule has 0 heterocycles. The average Bonchev–Trinajstić information content (AvgIpc) is 2.92. The first kappa shape index (κ1) is 28.3. The van der Waals surface area contributed by atoms with Crippen molar-refractivity contribution in [2.24, 2.45) is 0 Å². The van der Waals surface area contributed by atoms with E-state index in [1.165, 1.54) is 6.42 Å². The molecule has 0 radical (unpaired) electrons. The minimum absolute atomic E-state index is 0.110. The zero-order chi connectivity index (χ0) is 26.9. The molecule has 38 heavy (non-hydrogen) atoms. The predicted octanol–water partition coefficient (Wildman–Crippen LogP) is 7.11. The molecule has 4 rings (SSSR count). The minimum Gasteiger partial charge on any atom is -0.484 e. The van der Waals surface area contributed by atoms with Crippen LogP contribution in [-0.4, -0.2) is 35.4 Å². The molecule has 0 spiro atoms. The van der Waals surface area contributed by atoms with Crippen LogP contribution in [0.1, 0.15) is 43.2 Å². The highest BCUT2D eigenvalue weighted by molar-refractivity contribution is 6.42. The van der Waals surface area contributed by atoms with Gasteiger partial charge in [-0.1, -0.05) is 96.5 Å². The van der Waals surface area contributed by atoms with Crippen molar-refractivity contribution in [3.63, 3.8) is 0 Å². The summed E-state index contributed by atoms with van der Waals surface area (Å²) in [6, 6.07) is 21.2. The first-order valence-electron chi connectivity index (χ1n) is 12.8. The van der Waals surface area contributed by atoms with Crippen LogP contribution in [-0.2, 0) is 22.6 Å². The Morgan fingerprint density at radius 2 is 1.63 bits per heavy atom. The Bertz CT molecular complexity index is 1230. The van der Waals surface area contributed by atoms with Crippen LogP contribution >= 0.6 is 34.8 Å². The maximum absolute atomic E-state index is 13.8. The molecule has 1 saturated carbocycles. The maximum atomic E-state index is 13.8. The van der Waals surface area contributed by atoms with Crippen LogP contribution in [0.4, 0.5) is 0 Å². The van der Waals surface area contributed by atoms with Crippen molar-refractivity contribution in [1.29, 1.82) is 0 Å². The summed E-state index contributed by atoms with van der Waals surface area (Å²) < 4.78 is 5.79. The number of carbonyl (C=O) groups is 2. The van der Waals surface area contributed by atoms with E-state index in [-0.39, 0.29) is 31.0 Å².